The van der Waals surface area contributed by atoms with E-state index in [1.807, 2.05) is 13.8 Å². The Morgan fingerprint density at radius 2 is 1.89 bits per heavy atom. The summed E-state index contributed by atoms with van der Waals surface area (Å²) in [5, 5.41) is 32.2. The minimum atomic E-state index is -2.92. The van der Waals surface area contributed by atoms with Crippen LogP contribution in [-0.2, 0) is 5.97 Å². The average molecular weight is 249 g/mol. The second-order valence-electron chi connectivity index (χ2n) is 4.29. The van der Waals surface area contributed by atoms with Crippen LogP contribution in [0.15, 0.2) is 30.6 Å². The summed E-state index contributed by atoms with van der Waals surface area (Å²) < 4.78 is 1.69. The Kier molecular flexibility index (Phi) is 3.16. The predicted octanol–water partition coefficient (Wildman–Crippen LogP) is 0.613. The van der Waals surface area contributed by atoms with E-state index in [0.29, 0.717) is 5.69 Å². The van der Waals surface area contributed by atoms with Crippen molar-refractivity contribution in [2.24, 2.45) is 0 Å². The Bertz CT molecular complexity index is 543. The maximum absolute atomic E-state index is 9.34. The van der Waals surface area contributed by atoms with Gasteiger partial charge in [0.2, 0.25) is 0 Å². The van der Waals surface area contributed by atoms with E-state index in [0.717, 1.165) is 0 Å². The molecule has 0 saturated heterocycles. The molecule has 0 amide bonds. The average Bonchev–Trinajstić information content (AvgIpc) is 2.76. The highest BCUT2D eigenvalue weighted by molar-refractivity contribution is 5.59. The fourth-order valence-corrected chi connectivity index (χ4v) is 1.79. The molecule has 0 spiro atoms. The molecule has 0 saturated carbocycles. The standard InChI is InChI=1S/C12H15N3O3/c1-8(2)15-10(5-7-14-15)11-9(12(16,17)18)4-3-6-13-11/h3-8,16-18H,1-2H3. The largest absolute Gasteiger partial charge is 0.340 e. The van der Waals surface area contributed by atoms with Gasteiger partial charge in [-0.15, -0.1) is 0 Å². The van der Waals surface area contributed by atoms with Crippen LogP contribution < -0.4 is 0 Å². The predicted molar refractivity (Wildman–Crippen MR) is 64.2 cm³/mol. The summed E-state index contributed by atoms with van der Waals surface area (Å²) in [4.78, 5) is 4.09. The van der Waals surface area contributed by atoms with Gasteiger partial charge in [-0.25, -0.2) is 0 Å². The third kappa shape index (κ3) is 2.26. The number of pyridine rings is 1. The van der Waals surface area contributed by atoms with E-state index in [4.69, 9.17) is 0 Å². The lowest BCUT2D eigenvalue weighted by Crippen LogP contribution is -2.25. The molecule has 6 nitrogen and oxygen atoms in total. The summed E-state index contributed by atoms with van der Waals surface area (Å²) in [5.41, 5.74) is 0.825. The SMILES string of the molecule is CC(C)n1nccc1-c1ncccc1C(O)(O)O. The van der Waals surface area contributed by atoms with E-state index in [1.165, 1.54) is 18.3 Å². The number of hydrogen-bond acceptors (Lipinski definition) is 5. The molecule has 0 aliphatic rings. The first kappa shape index (κ1) is 12.7. The van der Waals surface area contributed by atoms with E-state index < -0.39 is 5.97 Å². The molecule has 0 bridgehead atoms. The summed E-state index contributed by atoms with van der Waals surface area (Å²) >= 11 is 0. The molecular formula is C12H15N3O3. The lowest BCUT2D eigenvalue weighted by atomic mass is 10.1. The topological polar surface area (TPSA) is 91.4 Å². The monoisotopic (exact) mass is 249 g/mol. The molecule has 3 N–H and O–H groups in total. The molecule has 0 atom stereocenters. The minimum Gasteiger partial charge on any atom is -0.340 e. The van der Waals surface area contributed by atoms with Gasteiger partial charge in [0.1, 0.15) is 0 Å². The Hall–Kier alpha value is -1.76. The van der Waals surface area contributed by atoms with Crippen molar-refractivity contribution in [1.82, 2.24) is 14.8 Å². The van der Waals surface area contributed by atoms with Crippen molar-refractivity contribution in [1.29, 1.82) is 0 Å². The lowest BCUT2D eigenvalue weighted by molar-refractivity contribution is -0.323. The van der Waals surface area contributed by atoms with Crippen LogP contribution in [0.2, 0.25) is 0 Å². The first-order valence-electron chi connectivity index (χ1n) is 5.57. The van der Waals surface area contributed by atoms with Crippen molar-refractivity contribution >= 4 is 0 Å². The maximum atomic E-state index is 9.34. The van der Waals surface area contributed by atoms with Crippen molar-refractivity contribution in [2.45, 2.75) is 25.9 Å². The van der Waals surface area contributed by atoms with Gasteiger partial charge in [0, 0.05) is 18.4 Å². The highest BCUT2D eigenvalue weighted by atomic mass is 16.7. The van der Waals surface area contributed by atoms with Gasteiger partial charge in [-0.1, -0.05) is 0 Å². The summed E-state index contributed by atoms with van der Waals surface area (Å²) in [7, 11) is 0. The fourth-order valence-electron chi connectivity index (χ4n) is 1.79. The van der Waals surface area contributed by atoms with Gasteiger partial charge in [0.05, 0.1) is 17.0 Å². The highest BCUT2D eigenvalue weighted by Crippen LogP contribution is 2.28. The van der Waals surface area contributed by atoms with E-state index >= 15 is 0 Å². The zero-order valence-corrected chi connectivity index (χ0v) is 10.1. The van der Waals surface area contributed by atoms with Gasteiger partial charge in [-0.3, -0.25) is 9.67 Å². The van der Waals surface area contributed by atoms with Crippen LogP contribution in [0.25, 0.3) is 11.4 Å². The van der Waals surface area contributed by atoms with Crippen LogP contribution in [0.4, 0.5) is 0 Å². The third-order valence-electron chi connectivity index (χ3n) is 2.57. The van der Waals surface area contributed by atoms with E-state index in [9.17, 15) is 15.3 Å². The van der Waals surface area contributed by atoms with Crippen LogP contribution in [0.1, 0.15) is 25.5 Å². The second kappa shape index (κ2) is 4.49. The van der Waals surface area contributed by atoms with Gasteiger partial charge in [0.25, 0.3) is 0 Å². The highest BCUT2D eigenvalue weighted by Gasteiger charge is 2.28. The van der Waals surface area contributed by atoms with E-state index in [1.54, 1.807) is 16.9 Å². The van der Waals surface area contributed by atoms with Crippen LogP contribution in [0.5, 0.6) is 0 Å². The molecule has 0 aliphatic heterocycles. The maximum Gasteiger partial charge on any atom is 0.306 e. The third-order valence-corrected chi connectivity index (χ3v) is 2.57. The van der Waals surface area contributed by atoms with Crippen LogP contribution in [-0.4, -0.2) is 30.1 Å². The molecule has 96 valence electrons. The number of nitrogens with zero attached hydrogens (tertiary/aromatic N) is 3. The van der Waals surface area contributed by atoms with Gasteiger partial charge < -0.3 is 15.3 Å². The van der Waals surface area contributed by atoms with Crippen molar-refractivity contribution in [3.8, 4) is 11.4 Å². The summed E-state index contributed by atoms with van der Waals surface area (Å²) in [6.45, 7) is 3.90. The molecule has 2 heterocycles. The van der Waals surface area contributed by atoms with Gasteiger partial charge in [-0.05, 0) is 32.0 Å². The molecule has 6 heteroatoms. The molecule has 2 aromatic heterocycles. The summed E-state index contributed by atoms with van der Waals surface area (Å²) in [6.07, 6.45) is 3.11. The van der Waals surface area contributed by atoms with E-state index in [2.05, 4.69) is 10.1 Å². The minimum absolute atomic E-state index is 0.0765. The molecule has 18 heavy (non-hydrogen) atoms. The van der Waals surface area contributed by atoms with Crippen molar-refractivity contribution in [3.05, 3.63) is 36.2 Å². The van der Waals surface area contributed by atoms with E-state index in [-0.39, 0.29) is 17.3 Å². The molecule has 0 fully saturated rings. The first-order chi connectivity index (χ1) is 8.41. The van der Waals surface area contributed by atoms with Crippen LogP contribution >= 0.6 is 0 Å². The van der Waals surface area contributed by atoms with Crippen molar-refractivity contribution < 1.29 is 15.3 Å². The van der Waals surface area contributed by atoms with Crippen molar-refractivity contribution in [2.75, 3.05) is 0 Å². The molecule has 2 rings (SSSR count). The summed E-state index contributed by atoms with van der Waals surface area (Å²) in [5.74, 6) is -2.92. The molecule has 0 aliphatic carbocycles. The molecular weight excluding hydrogens is 234 g/mol. The number of rotatable bonds is 3. The Morgan fingerprint density at radius 1 is 1.17 bits per heavy atom. The second-order valence-corrected chi connectivity index (χ2v) is 4.29. The number of aliphatic hydroxyl groups is 3. The Labute approximate surface area is 104 Å². The Morgan fingerprint density at radius 3 is 2.50 bits per heavy atom. The smallest absolute Gasteiger partial charge is 0.306 e. The van der Waals surface area contributed by atoms with Gasteiger partial charge in [-0.2, -0.15) is 5.10 Å². The lowest BCUT2D eigenvalue weighted by Gasteiger charge is -2.18. The number of aromatic nitrogens is 3. The molecule has 0 aromatic carbocycles. The molecule has 2 aromatic rings. The summed E-state index contributed by atoms with van der Waals surface area (Å²) in [6, 6.07) is 4.72. The quantitative estimate of drug-likeness (QED) is 0.693. The normalized spacial score (nSPS) is 12.1. The zero-order chi connectivity index (χ0) is 13.3. The first-order valence-corrected chi connectivity index (χ1v) is 5.57. The molecule has 0 unspecified atom stereocenters. The van der Waals surface area contributed by atoms with Crippen LogP contribution in [0.3, 0.4) is 0 Å². The van der Waals surface area contributed by atoms with Gasteiger partial charge >= 0.3 is 5.97 Å². The van der Waals surface area contributed by atoms with Crippen molar-refractivity contribution in [3.63, 3.8) is 0 Å². The molecule has 0 radical (unpaired) electrons. The fraction of sp³-hybridized carbons (Fsp3) is 0.333. The Balaban J connectivity index is 2.61. The number of hydrogen-bond donors (Lipinski definition) is 3. The zero-order valence-electron chi connectivity index (χ0n) is 10.1. The van der Waals surface area contributed by atoms with Gasteiger partial charge in [0.15, 0.2) is 0 Å². The van der Waals surface area contributed by atoms with Crippen LogP contribution in [0, 0.1) is 0 Å².